The molecular formula is C20H25N3O3. The van der Waals surface area contributed by atoms with Crippen LogP contribution in [0, 0.1) is 0 Å². The number of rotatable bonds is 3. The van der Waals surface area contributed by atoms with Crippen molar-refractivity contribution >= 4 is 11.7 Å². The molecular weight excluding hydrogens is 330 g/mol. The van der Waals surface area contributed by atoms with E-state index in [0.717, 1.165) is 6.54 Å². The SMILES string of the molecule is O=C(O)[C@H](O)c1ccccc1.c1cncc(N2CC[C@]3(CCCN3)C2)c1. The fourth-order valence-electron chi connectivity index (χ4n) is 3.63. The molecule has 2 saturated heterocycles. The van der Waals surface area contributed by atoms with E-state index >= 15 is 0 Å². The average molecular weight is 355 g/mol. The lowest BCUT2D eigenvalue weighted by molar-refractivity contribution is -0.146. The molecule has 4 rings (SSSR count). The summed E-state index contributed by atoms with van der Waals surface area (Å²) < 4.78 is 0. The molecule has 0 amide bonds. The van der Waals surface area contributed by atoms with Crippen LogP contribution in [0.4, 0.5) is 5.69 Å². The van der Waals surface area contributed by atoms with Crippen molar-refractivity contribution in [1.29, 1.82) is 0 Å². The van der Waals surface area contributed by atoms with Gasteiger partial charge in [0.1, 0.15) is 0 Å². The van der Waals surface area contributed by atoms with Gasteiger partial charge in [0.15, 0.2) is 6.10 Å². The number of hydrogen-bond acceptors (Lipinski definition) is 5. The molecule has 0 aliphatic carbocycles. The summed E-state index contributed by atoms with van der Waals surface area (Å²) in [6.45, 7) is 3.51. The zero-order valence-electron chi connectivity index (χ0n) is 14.7. The lowest BCUT2D eigenvalue weighted by atomic mass is 9.97. The first-order valence-corrected chi connectivity index (χ1v) is 8.95. The fraction of sp³-hybridized carbons (Fsp3) is 0.400. The third-order valence-electron chi connectivity index (χ3n) is 5.05. The van der Waals surface area contributed by atoms with Gasteiger partial charge < -0.3 is 20.4 Å². The van der Waals surface area contributed by atoms with E-state index in [1.807, 2.05) is 18.5 Å². The van der Waals surface area contributed by atoms with Crippen LogP contribution < -0.4 is 10.2 Å². The Hall–Kier alpha value is -2.44. The first-order chi connectivity index (χ1) is 12.6. The van der Waals surface area contributed by atoms with Crippen LogP contribution in [0.1, 0.15) is 30.9 Å². The number of pyridine rings is 1. The zero-order chi connectivity index (χ0) is 18.4. The number of nitrogens with zero attached hydrogens (tertiary/aromatic N) is 2. The summed E-state index contributed by atoms with van der Waals surface area (Å²) in [5, 5.41) is 21.1. The topological polar surface area (TPSA) is 85.7 Å². The highest BCUT2D eigenvalue weighted by atomic mass is 16.4. The summed E-state index contributed by atoms with van der Waals surface area (Å²) in [5.74, 6) is -1.23. The molecule has 2 fully saturated rings. The summed E-state index contributed by atoms with van der Waals surface area (Å²) in [5.41, 5.74) is 2.08. The number of aliphatic hydroxyl groups is 1. The van der Waals surface area contributed by atoms with Gasteiger partial charge in [-0.2, -0.15) is 0 Å². The summed E-state index contributed by atoms with van der Waals surface area (Å²) in [6.07, 6.45) is 6.35. The van der Waals surface area contributed by atoms with Crippen molar-refractivity contribution in [3.63, 3.8) is 0 Å². The summed E-state index contributed by atoms with van der Waals surface area (Å²) >= 11 is 0. The van der Waals surface area contributed by atoms with E-state index in [1.165, 1.54) is 38.0 Å². The lowest BCUT2D eigenvalue weighted by Gasteiger charge is -2.25. The van der Waals surface area contributed by atoms with Gasteiger partial charge in [-0.3, -0.25) is 4.98 Å². The van der Waals surface area contributed by atoms with Crippen LogP contribution in [0.5, 0.6) is 0 Å². The van der Waals surface area contributed by atoms with Crippen molar-refractivity contribution in [2.75, 3.05) is 24.5 Å². The maximum absolute atomic E-state index is 10.2. The van der Waals surface area contributed by atoms with E-state index < -0.39 is 12.1 Å². The Kier molecular flexibility index (Phi) is 5.85. The number of hydrogen-bond donors (Lipinski definition) is 3. The van der Waals surface area contributed by atoms with E-state index in [-0.39, 0.29) is 0 Å². The predicted octanol–water partition coefficient (Wildman–Crippen LogP) is 2.22. The molecule has 138 valence electrons. The Morgan fingerprint density at radius 2 is 2.00 bits per heavy atom. The Labute approximate surface area is 153 Å². The summed E-state index contributed by atoms with van der Waals surface area (Å²) in [7, 11) is 0. The smallest absolute Gasteiger partial charge is 0.337 e. The van der Waals surface area contributed by atoms with Crippen molar-refractivity contribution in [1.82, 2.24) is 10.3 Å². The number of nitrogens with one attached hydrogen (secondary N) is 1. The molecule has 6 nitrogen and oxygen atoms in total. The average Bonchev–Trinajstić information content (AvgIpc) is 3.33. The quantitative estimate of drug-likeness (QED) is 0.783. The van der Waals surface area contributed by atoms with Crippen LogP contribution in [0.2, 0.25) is 0 Å². The number of aliphatic carboxylic acids is 1. The number of carbonyl (C=O) groups is 1. The highest BCUT2D eigenvalue weighted by molar-refractivity contribution is 5.73. The third kappa shape index (κ3) is 4.39. The van der Waals surface area contributed by atoms with Crippen LogP contribution in [0.25, 0.3) is 0 Å². The summed E-state index contributed by atoms with van der Waals surface area (Å²) in [4.78, 5) is 16.9. The first-order valence-electron chi connectivity index (χ1n) is 8.95. The van der Waals surface area contributed by atoms with E-state index in [9.17, 15) is 4.79 Å². The van der Waals surface area contributed by atoms with Crippen molar-refractivity contribution < 1.29 is 15.0 Å². The Morgan fingerprint density at radius 3 is 2.62 bits per heavy atom. The molecule has 1 spiro atoms. The van der Waals surface area contributed by atoms with E-state index in [4.69, 9.17) is 10.2 Å². The minimum Gasteiger partial charge on any atom is -0.479 e. The molecule has 0 saturated carbocycles. The number of aliphatic hydroxyl groups excluding tert-OH is 1. The second-order valence-corrected chi connectivity index (χ2v) is 6.84. The van der Waals surface area contributed by atoms with Crippen LogP contribution in [-0.4, -0.2) is 46.3 Å². The van der Waals surface area contributed by atoms with Crippen molar-refractivity contribution in [3.8, 4) is 0 Å². The van der Waals surface area contributed by atoms with Gasteiger partial charge >= 0.3 is 5.97 Å². The van der Waals surface area contributed by atoms with E-state index in [0.29, 0.717) is 11.1 Å². The predicted molar refractivity (Wildman–Crippen MR) is 100 cm³/mol. The minimum atomic E-state index is -1.41. The normalized spacial score (nSPS) is 22.7. The van der Waals surface area contributed by atoms with Crippen LogP contribution in [0.15, 0.2) is 54.9 Å². The lowest BCUT2D eigenvalue weighted by Crippen LogP contribution is -2.42. The van der Waals surface area contributed by atoms with Crippen LogP contribution in [0.3, 0.4) is 0 Å². The Balaban J connectivity index is 0.000000160. The van der Waals surface area contributed by atoms with Gasteiger partial charge in [-0.15, -0.1) is 0 Å². The molecule has 2 aliphatic rings. The van der Waals surface area contributed by atoms with Gasteiger partial charge in [0.05, 0.1) is 11.9 Å². The molecule has 0 radical (unpaired) electrons. The number of carboxylic acids is 1. The standard InChI is InChI=1S/C12H17N3.C8H8O3/c1-3-11(9-13-6-1)15-8-5-12(10-15)4-2-7-14-12;9-7(8(10)11)6-4-2-1-3-5-6/h1,3,6,9,14H,2,4-5,7-8,10H2;1-5,7,9H,(H,10,11)/t12-;7-/m11/s1. The molecule has 26 heavy (non-hydrogen) atoms. The molecule has 2 aliphatic heterocycles. The summed E-state index contributed by atoms with van der Waals surface area (Å²) in [6, 6.07) is 12.4. The highest BCUT2D eigenvalue weighted by Gasteiger charge is 2.39. The van der Waals surface area contributed by atoms with Gasteiger partial charge in [0.25, 0.3) is 0 Å². The van der Waals surface area contributed by atoms with Crippen molar-refractivity contribution in [2.24, 2.45) is 0 Å². The maximum Gasteiger partial charge on any atom is 0.337 e. The van der Waals surface area contributed by atoms with Crippen molar-refractivity contribution in [3.05, 3.63) is 60.4 Å². The third-order valence-corrected chi connectivity index (χ3v) is 5.05. The van der Waals surface area contributed by atoms with Gasteiger partial charge in [0.2, 0.25) is 0 Å². The first kappa shape index (κ1) is 18.4. The molecule has 3 heterocycles. The van der Waals surface area contributed by atoms with Gasteiger partial charge in [-0.25, -0.2) is 4.79 Å². The molecule has 0 bridgehead atoms. The zero-order valence-corrected chi connectivity index (χ0v) is 14.7. The number of aromatic nitrogens is 1. The van der Waals surface area contributed by atoms with E-state index in [1.54, 1.807) is 30.3 Å². The highest BCUT2D eigenvalue weighted by Crippen LogP contribution is 2.32. The van der Waals surface area contributed by atoms with Gasteiger partial charge in [0, 0.05) is 24.8 Å². The molecule has 2 atom stereocenters. The Bertz CT molecular complexity index is 703. The monoisotopic (exact) mass is 355 g/mol. The van der Waals surface area contributed by atoms with Crippen LogP contribution in [-0.2, 0) is 4.79 Å². The second-order valence-electron chi connectivity index (χ2n) is 6.84. The minimum absolute atomic E-state index is 0.403. The fourth-order valence-corrected chi connectivity index (χ4v) is 3.63. The molecule has 3 N–H and O–H groups in total. The van der Waals surface area contributed by atoms with Gasteiger partial charge in [-0.05, 0) is 43.5 Å². The maximum atomic E-state index is 10.2. The molecule has 2 aromatic rings. The number of anilines is 1. The Morgan fingerprint density at radius 1 is 1.19 bits per heavy atom. The molecule has 1 aromatic heterocycles. The number of carboxylic acid groups (broad SMARTS) is 1. The van der Waals surface area contributed by atoms with E-state index in [2.05, 4.69) is 21.3 Å². The van der Waals surface area contributed by atoms with Crippen LogP contribution >= 0.6 is 0 Å². The number of benzene rings is 1. The molecule has 0 unspecified atom stereocenters. The van der Waals surface area contributed by atoms with Crippen molar-refractivity contribution in [2.45, 2.75) is 30.9 Å². The van der Waals surface area contributed by atoms with Gasteiger partial charge in [-0.1, -0.05) is 30.3 Å². The molecule has 1 aromatic carbocycles. The largest absolute Gasteiger partial charge is 0.479 e. The second kappa shape index (κ2) is 8.29. The molecule has 6 heteroatoms.